The van der Waals surface area contributed by atoms with Gasteiger partial charge in [-0.25, -0.2) is 8.78 Å². The van der Waals surface area contributed by atoms with Crippen LogP contribution < -0.4 is 9.80 Å². The second-order valence-electron chi connectivity index (χ2n) is 6.06. The number of fused-ring (bicyclic) bond motifs is 1. The third-order valence-corrected chi connectivity index (χ3v) is 3.34. The van der Waals surface area contributed by atoms with E-state index >= 15 is 0 Å². The maximum absolute atomic E-state index is 13.4. The highest BCUT2D eigenvalue weighted by molar-refractivity contribution is 5.77. The first-order valence-electron chi connectivity index (χ1n) is 6.25. The monoisotopic (exact) mass is 254 g/mol. The van der Waals surface area contributed by atoms with Crippen molar-refractivity contribution >= 4 is 11.4 Å². The van der Waals surface area contributed by atoms with Crippen molar-refractivity contribution in [1.82, 2.24) is 0 Å². The highest BCUT2D eigenvalue weighted by Crippen LogP contribution is 2.41. The summed E-state index contributed by atoms with van der Waals surface area (Å²) in [5, 5.41) is 0. The molecular formula is C14H20F2N2. The van der Waals surface area contributed by atoms with E-state index < -0.39 is 11.6 Å². The fraction of sp³-hybridized carbons (Fsp3) is 0.571. The summed E-state index contributed by atoms with van der Waals surface area (Å²) in [5.74, 6) is -1.57. The maximum Gasteiger partial charge on any atom is 0.161 e. The lowest BCUT2D eigenvalue weighted by Gasteiger charge is -2.35. The molecule has 0 bridgehead atoms. The number of benzene rings is 1. The van der Waals surface area contributed by atoms with E-state index in [0.717, 1.165) is 11.4 Å². The molecule has 0 atom stereocenters. The molecule has 0 aromatic heterocycles. The van der Waals surface area contributed by atoms with E-state index in [4.69, 9.17) is 0 Å². The molecule has 1 aromatic carbocycles. The maximum atomic E-state index is 13.4. The van der Waals surface area contributed by atoms with E-state index in [2.05, 4.69) is 44.4 Å². The van der Waals surface area contributed by atoms with Crippen molar-refractivity contribution in [3.8, 4) is 0 Å². The third-order valence-electron chi connectivity index (χ3n) is 3.34. The molecule has 0 saturated carbocycles. The molecule has 1 heterocycles. The van der Waals surface area contributed by atoms with Crippen LogP contribution in [0, 0.1) is 11.6 Å². The van der Waals surface area contributed by atoms with Crippen molar-refractivity contribution in [3.63, 3.8) is 0 Å². The summed E-state index contributed by atoms with van der Waals surface area (Å²) < 4.78 is 26.9. The van der Waals surface area contributed by atoms with E-state index in [1.807, 2.05) is 0 Å². The predicted octanol–water partition coefficient (Wildman–Crippen LogP) is 3.76. The Morgan fingerprint density at radius 2 is 1.56 bits per heavy atom. The number of hydrogen-bond donors (Lipinski definition) is 0. The highest BCUT2D eigenvalue weighted by atomic mass is 19.2. The van der Waals surface area contributed by atoms with Crippen LogP contribution in [0.5, 0.6) is 0 Å². The molecule has 4 heteroatoms. The molecule has 0 N–H and O–H groups in total. The molecule has 100 valence electrons. The Morgan fingerprint density at radius 3 is 2.00 bits per heavy atom. The minimum absolute atomic E-state index is 0.122. The molecule has 1 aliphatic rings. The molecule has 1 aliphatic heterocycles. The average molecular weight is 254 g/mol. The Hall–Kier alpha value is -1.32. The van der Waals surface area contributed by atoms with Crippen LogP contribution in [0.3, 0.4) is 0 Å². The third kappa shape index (κ3) is 2.04. The van der Waals surface area contributed by atoms with Crippen molar-refractivity contribution < 1.29 is 8.78 Å². The fourth-order valence-electron chi connectivity index (χ4n) is 2.29. The number of nitrogens with zero attached hydrogens (tertiary/aromatic N) is 2. The van der Waals surface area contributed by atoms with E-state index in [0.29, 0.717) is 6.67 Å². The molecule has 2 rings (SSSR count). The van der Waals surface area contributed by atoms with Gasteiger partial charge in [0.1, 0.15) is 0 Å². The number of anilines is 2. The van der Waals surface area contributed by atoms with Gasteiger partial charge in [0.2, 0.25) is 0 Å². The predicted molar refractivity (Wildman–Crippen MR) is 71.1 cm³/mol. The first kappa shape index (κ1) is 13.1. The summed E-state index contributed by atoms with van der Waals surface area (Å²) in [6.45, 7) is 11.0. The van der Waals surface area contributed by atoms with Gasteiger partial charge in [0.15, 0.2) is 11.6 Å². The summed E-state index contributed by atoms with van der Waals surface area (Å²) in [6.07, 6.45) is 0. The normalized spacial score (nSPS) is 15.6. The molecule has 2 nitrogen and oxygen atoms in total. The Balaban J connectivity index is 2.55. The van der Waals surface area contributed by atoms with Gasteiger partial charge in [-0.3, -0.25) is 0 Å². The van der Waals surface area contributed by atoms with Crippen molar-refractivity contribution in [3.05, 3.63) is 23.8 Å². The van der Waals surface area contributed by atoms with Gasteiger partial charge in [-0.05, 0) is 34.6 Å². The van der Waals surface area contributed by atoms with Crippen LogP contribution in [0.1, 0.15) is 34.6 Å². The van der Waals surface area contributed by atoms with Crippen LogP contribution in [0.4, 0.5) is 20.2 Å². The first-order valence-corrected chi connectivity index (χ1v) is 6.25. The van der Waals surface area contributed by atoms with Gasteiger partial charge < -0.3 is 9.80 Å². The number of halogens is 2. The van der Waals surface area contributed by atoms with Crippen LogP contribution in [0.15, 0.2) is 12.1 Å². The van der Waals surface area contributed by atoms with Gasteiger partial charge in [-0.1, -0.05) is 0 Å². The largest absolute Gasteiger partial charge is 0.350 e. The average Bonchev–Trinajstić information content (AvgIpc) is 2.57. The van der Waals surface area contributed by atoms with Crippen molar-refractivity contribution in [2.75, 3.05) is 16.5 Å². The topological polar surface area (TPSA) is 6.48 Å². The second-order valence-corrected chi connectivity index (χ2v) is 6.06. The molecule has 0 aliphatic carbocycles. The van der Waals surface area contributed by atoms with Gasteiger partial charge in [0, 0.05) is 23.7 Å². The lowest BCUT2D eigenvalue weighted by Crippen LogP contribution is -2.45. The molecular weight excluding hydrogens is 234 g/mol. The van der Waals surface area contributed by atoms with Crippen LogP contribution in [0.25, 0.3) is 0 Å². The van der Waals surface area contributed by atoms with Gasteiger partial charge in [0.25, 0.3) is 0 Å². The zero-order valence-electron chi connectivity index (χ0n) is 11.6. The molecule has 0 fully saturated rings. The molecule has 0 spiro atoms. The van der Waals surface area contributed by atoms with Crippen molar-refractivity contribution in [1.29, 1.82) is 0 Å². The summed E-state index contributed by atoms with van der Waals surface area (Å²) >= 11 is 0. The lowest BCUT2D eigenvalue weighted by atomic mass is 10.1. The molecule has 18 heavy (non-hydrogen) atoms. The minimum Gasteiger partial charge on any atom is -0.350 e. The van der Waals surface area contributed by atoms with Gasteiger partial charge in [0.05, 0.1) is 18.0 Å². The zero-order valence-corrected chi connectivity index (χ0v) is 11.6. The Labute approximate surface area is 107 Å². The first-order chi connectivity index (χ1) is 8.21. The molecule has 0 amide bonds. The molecule has 0 saturated heterocycles. The zero-order chi connectivity index (χ0) is 13.7. The van der Waals surface area contributed by atoms with Gasteiger partial charge in [-0.15, -0.1) is 0 Å². The Morgan fingerprint density at radius 1 is 1.06 bits per heavy atom. The molecule has 0 radical (unpaired) electrons. The Bertz CT molecular complexity index is 464. The minimum atomic E-state index is -0.784. The number of rotatable bonds is 1. The highest BCUT2D eigenvalue weighted by Gasteiger charge is 2.35. The lowest BCUT2D eigenvalue weighted by molar-refractivity contribution is 0.498. The summed E-state index contributed by atoms with van der Waals surface area (Å²) in [4.78, 5) is 4.19. The molecule has 0 unspecified atom stereocenters. The van der Waals surface area contributed by atoms with Crippen molar-refractivity contribution in [2.45, 2.75) is 46.2 Å². The summed E-state index contributed by atoms with van der Waals surface area (Å²) in [6, 6.07) is 2.86. The Kier molecular flexibility index (Phi) is 2.99. The summed E-state index contributed by atoms with van der Waals surface area (Å²) in [5.41, 5.74) is 1.43. The van der Waals surface area contributed by atoms with E-state index in [9.17, 15) is 8.78 Å². The van der Waals surface area contributed by atoms with Crippen LogP contribution >= 0.6 is 0 Å². The van der Waals surface area contributed by atoms with E-state index in [1.165, 1.54) is 12.1 Å². The van der Waals surface area contributed by atoms with Crippen LogP contribution in [-0.2, 0) is 0 Å². The number of hydrogen-bond acceptors (Lipinski definition) is 2. The van der Waals surface area contributed by atoms with E-state index in [1.54, 1.807) is 0 Å². The van der Waals surface area contributed by atoms with Crippen molar-refractivity contribution in [2.24, 2.45) is 0 Å². The van der Waals surface area contributed by atoms with Gasteiger partial charge in [-0.2, -0.15) is 0 Å². The van der Waals surface area contributed by atoms with Crippen LogP contribution in [0.2, 0.25) is 0 Å². The second kappa shape index (κ2) is 4.11. The quantitative estimate of drug-likeness (QED) is 0.753. The van der Waals surface area contributed by atoms with Gasteiger partial charge >= 0.3 is 0 Å². The SMILES string of the molecule is CC(C)N1CN(C(C)(C)C)c2cc(F)c(F)cc21. The van der Waals surface area contributed by atoms with E-state index in [-0.39, 0.29) is 11.6 Å². The fourth-order valence-corrected chi connectivity index (χ4v) is 2.29. The van der Waals surface area contributed by atoms with Crippen LogP contribution in [-0.4, -0.2) is 18.2 Å². The smallest absolute Gasteiger partial charge is 0.161 e. The standard InChI is InChI=1S/C14H20F2N2/c1-9(2)17-8-18(14(3,4)5)13-7-11(16)10(15)6-12(13)17/h6-7,9H,8H2,1-5H3. The summed E-state index contributed by atoms with van der Waals surface area (Å²) in [7, 11) is 0. The molecule has 1 aromatic rings.